The molecule has 8 heteroatoms. The Bertz CT molecular complexity index is 1780. The van der Waals surface area contributed by atoms with Crippen molar-refractivity contribution in [1.29, 1.82) is 0 Å². The number of hydrogen-bond acceptors (Lipinski definition) is 6. The average Bonchev–Trinajstić information content (AvgIpc) is 3.55. The van der Waals surface area contributed by atoms with E-state index >= 15 is 0 Å². The maximum Gasteiger partial charge on any atom is 0.294 e. The monoisotopic (exact) mass is 565 g/mol. The summed E-state index contributed by atoms with van der Waals surface area (Å²) < 4.78 is 17.2. The lowest BCUT2D eigenvalue weighted by Gasteiger charge is -2.27. The first-order valence-electron chi connectivity index (χ1n) is 12.8. The van der Waals surface area contributed by atoms with Gasteiger partial charge in [-0.2, -0.15) is 0 Å². The molecular formula is C33H24ClNO6. The number of nitrogens with zero attached hydrogens (tertiary/aromatic N) is 1. The molecule has 7 nitrogen and oxygen atoms in total. The number of hydrogen-bond donors (Lipinski definition) is 1. The molecule has 6 rings (SSSR count). The minimum absolute atomic E-state index is 0.0577. The molecule has 5 aromatic rings. The van der Waals surface area contributed by atoms with E-state index in [0.717, 1.165) is 5.56 Å². The number of anilines is 1. The molecule has 0 bridgehead atoms. The highest BCUT2D eigenvalue weighted by Gasteiger charge is 2.45. The molecule has 1 unspecified atom stereocenters. The number of benzene rings is 4. The van der Waals surface area contributed by atoms with Gasteiger partial charge in [-0.25, -0.2) is 0 Å². The summed E-state index contributed by atoms with van der Waals surface area (Å²) in [6.07, 6.45) is 0. The van der Waals surface area contributed by atoms with E-state index in [4.69, 9.17) is 25.5 Å². The zero-order valence-corrected chi connectivity index (χ0v) is 22.7. The number of carbonyl (C=O) groups excluding carboxylic acids is 2. The fourth-order valence-corrected chi connectivity index (χ4v) is 5.19. The number of fused-ring (bicyclic) bond motifs is 1. The van der Waals surface area contributed by atoms with Crippen molar-refractivity contribution in [3.05, 3.63) is 136 Å². The second-order valence-electron chi connectivity index (χ2n) is 9.49. The van der Waals surface area contributed by atoms with Crippen LogP contribution in [0.5, 0.6) is 11.5 Å². The van der Waals surface area contributed by atoms with Crippen LogP contribution in [0.25, 0.3) is 11.0 Å². The number of furan rings is 1. The zero-order chi connectivity index (χ0) is 28.5. The molecule has 0 aliphatic carbocycles. The molecule has 41 heavy (non-hydrogen) atoms. The van der Waals surface area contributed by atoms with Crippen molar-refractivity contribution < 1.29 is 28.6 Å². The molecule has 204 valence electrons. The third-order valence-electron chi connectivity index (χ3n) is 6.92. The lowest BCUT2D eigenvalue weighted by atomic mass is 9.94. The maximum atomic E-state index is 14.0. The summed E-state index contributed by atoms with van der Waals surface area (Å²) in [6, 6.07) is 29.6. The number of amides is 1. The van der Waals surface area contributed by atoms with E-state index in [0.29, 0.717) is 45.3 Å². The standard InChI is InChI=1S/C33H24ClNO6/c1-39-27-18-23(34)16-22-17-26(41-32(22)27)30(36)28-29(35(33(38)31(28)37)24-10-6-3-7-11-24)21-12-14-25(15-13-21)40-19-20-8-4-2-5-9-20/h2-18,29,37H,19H2,1H3. The number of rotatable bonds is 8. The molecule has 1 aliphatic rings. The second kappa shape index (κ2) is 10.9. The van der Waals surface area contributed by atoms with Gasteiger partial charge in [-0.3, -0.25) is 14.5 Å². The molecule has 0 fully saturated rings. The van der Waals surface area contributed by atoms with Gasteiger partial charge >= 0.3 is 0 Å². The van der Waals surface area contributed by atoms with Crippen molar-refractivity contribution in [2.45, 2.75) is 12.6 Å². The first-order valence-corrected chi connectivity index (χ1v) is 13.2. The van der Waals surface area contributed by atoms with E-state index in [-0.39, 0.29) is 11.3 Å². The van der Waals surface area contributed by atoms with Crippen molar-refractivity contribution in [1.82, 2.24) is 0 Å². The molecule has 0 saturated heterocycles. The minimum atomic E-state index is -0.917. The van der Waals surface area contributed by atoms with Crippen molar-refractivity contribution in [2.75, 3.05) is 12.0 Å². The second-order valence-corrected chi connectivity index (χ2v) is 9.92. The number of para-hydroxylation sites is 1. The van der Waals surface area contributed by atoms with Gasteiger partial charge in [0, 0.05) is 22.2 Å². The molecule has 0 radical (unpaired) electrons. The highest BCUT2D eigenvalue weighted by molar-refractivity contribution is 6.31. The smallest absolute Gasteiger partial charge is 0.294 e. The number of carbonyl (C=O) groups is 2. The topological polar surface area (TPSA) is 89.2 Å². The van der Waals surface area contributed by atoms with Crippen molar-refractivity contribution in [2.24, 2.45) is 0 Å². The van der Waals surface area contributed by atoms with Gasteiger partial charge in [-0.1, -0.05) is 72.3 Å². The summed E-state index contributed by atoms with van der Waals surface area (Å²) in [7, 11) is 1.47. The molecule has 1 amide bonds. The van der Waals surface area contributed by atoms with Crippen LogP contribution in [0.15, 0.2) is 119 Å². The predicted molar refractivity (Wildman–Crippen MR) is 156 cm³/mol. The van der Waals surface area contributed by atoms with Crippen molar-refractivity contribution in [3.63, 3.8) is 0 Å². The number of methoxy groups -OCH3 is 1. The summed E-state index contributed by atoms with van der Waals surface area (Å²) >= 11 is 6.20. The van der Waals surface area contributed by atoms with Gasteiger partial charge < -0.3 is 19.0 Å². The van der Waals surface area contributed by atoms with E-state index < -0.39 is 23.5 Å². The number of Topliss-reactive ketones (excluding diaryl/α,β-unsaturated/α-hetero) is 1. The van der Waals surface area contributed by atoms with Crippen molar-refractivity contribution >= 4 is 39.9 Å². The molecule has 0 spiro atoms. The molecule has 1 atom stereocenters. The summed E-state index contributed by atoms with van der Waals surface area (Å²) in [5.74, 6) is -1.03. The predicted octanol–water partition coefficient (Wildman–Crippen LogP) is 7.46. The Morgan fingerprint density at radius 3 is 2.32 bits per heavy atom. The van der Waals surface area contributed by atoms with Crippen LogP contribution in [-0.4, -0.2) is 23.9 Å². The third kappa shape index (κ3) is 4.92. The Morgan fingerprint density at radius 1 is 0.951 bits per heavy atom. The molecule has 4 aromatic carbocycles. The normalized spacial score (nSPS) is 15.0. The highest BCUT2D eigenvalue weighted by Crippen LogP contribution is 2.43. The fraction of sp³-hybridized carbons (Fsp3) is 0.0909. The highest BCUT2D eigenvalue weighted by atomic mass is 35.5. The maximum absolute atomic E-state index is 14.0. The van der Waals surface area contributed by atoms with E-state index in [1.54, 1.807) is 60.7 Å². The minimum Gasteiger partial charge on any atom is -0.503 e. The zero-order valence-electron chi connectivity index (χ0n) is 21.9. The largest absolute Gasteiger partial charge is 0.503 e. The molecular weight excluding hydrogens is 542 g/mol. The Kier molecular flexibility index (Phi) is 6.95. The van der Waals surface area contributed by atoms with Crippen LogP contribution in [0.1, 0.15) is 27.7 Å². The molecule has 1 N–H and O–H groups in total. The number of aliphatic hydroxyl groups excluding tert-OH is 1. The quantitative estimate of drug-likeness (QED) is 0.196. The van der Waals surface area contributed by atoms with Crippen LogP contribution < -0.4 is 14.4 Å². The van der Waals surface area contributed by atoms with Gasteiger partial charge in [0.15, 0.2) is 22.9 Å². The molecule has 0 saturated carbocycles. The van der Waals surface area contributed by atoms with E-state index in [1.807, 2.05) is 36.4 Å². The van der Waals surface area contributed by atoms with Crippen molar-refractivity contribution in [3.8, 4) is 11.5 Å². The Labute approximate surface area is 240 Å². The van der Waals surface area contributed by atoms with Crippen LogP contribution in [-0.2, 0) is 11.4 Å². The Balaban J connectivity index is 1.39. The molecule has 1 aliphatic heterocycles. The van der Waals surface area contributed by atoms with Crippen LogP contribution in [0.4, 0.5) is 5.69 Å². The lowest BCUT2D eigenvalue weighted by Crippen LogP contribution is -2.31. The van der Waals surface area contributed by atoms with Gasteiger partial charge in [0.1, 0.15) is 12.4 Å². The molecule has 1 aromatic heterocycles. The van der Waals surface area contributed by atoms with Crippen LogP contribution in [0.3, 0.4) is 0 Å². The summed E-state index contributed by atoms with van der Waals surface area (Å²) in [6.45, 7) is 0.391. The average molecular weight is 566 g/mol. The van der Waals surface area contributed by atoms with Gasteiger partial charge in [0.05, 0.1) is 18.7 Å². The van der Waals surface area contributed by atoms with Gasteiger partial charge in [0.25, 0.3) is 5.91 Å². The fourth-order valence-electron chi connectivity index (χ4n) is 4.98. The Morgan fingerprint density at radius 2 is 1.63 bits per heavy atom. The molecule has 2 heterocycles. The number of ketones is 1. The summed E-state index contributed by atoms with van der Waals surface area (Å²) in [5.41, 5.74) is 2.40. The lowest BCUT2D eigenvalue weighted by molar-refractivity contribution is -0.117. The van der Waals surface area contributed by atoms with Crippen LogP contribution in [0, 0.1) is 0 Å². The summed E-state index contributed by atoms with van der Waals surface area (Å²) in [4.78, 5) is 28.8. The van der Waals surface area contributed by atoms with Gasteiger partial charge in [-0.05, 0) is 47.5 Å². The third-order valence-corrected chi connectivity index (χ3v) is 7.14. The van der Waals surface area contributed by atoms with Gasteiger partial charge in [-0.15, -0.1) is 0 Å². The van der Waals surface area contributed by atoms with E-state index in [9.17, 15) is 14.7 Å². The van der Waals surface area contributed by atoms with Crippen LogP contribution in [0.2, 0.25) is 5.02 Å². The number of ether oxygens (including phenoxy) is 2. The van der Waals surface area contributed by atoms with E-state index in [1.165, 1.54) is 18.1 Å². The van der Waals surface area contributed by atoms with E-state index in [2.05, 4.69) is 0 Å². The summed E-state index contributed by atoms with van der Waals surface area (Å²) in [5, 5.41) is 12.1. The Hall–Kier alpha value is -5.01. The first kappa shape index (κ1) is 26.2. The number of aliphatic hydroxyl groups is 1. The first-order chi connectivity index (χ1) is 19.9. The van der Waals surface area contributed by atoms with Crippen LogP contribution >= 0.6 is 11.6 Å². The van der Waals surface area contributed by atoms with Gasteiger partial charge in [0.2, 0.25) is 5.78 Å². The SMILES string of the molecule is COc1cc(Cl)cc2cc(C(=O)C3=C(O)C(=O)N(c4ccccc4)C3c3ccc(OCc4ccccc4)cc3)oc12. The number of halogens is 1.